The Kier molecular flexibility index (Phi) is 3.13. The summed E-state index contributed by atoms with van der Waals surface area (Å²) in [5.41, 5.74) is 2.01. The van der Waals surface area contributed by atoms with Crippen LogP contribution in [-0.4, -0.2) is 24.9 Å². The number of piperazine rings is 1. The van der Waals surface area contributed by atoms with Gasteiger partial charge in [-0.25, -0.2) is 0 Å². The number of hydrogen-bond donors (Lipinski definition) is 1. The van der Waals surface area contributed by atoms with Gasteiger partial charge in [-0.05, 0) is 23.6 Å². The van der Waals surface area contributed by atoms with Gasteiger partial charge in [0.05, 0.1) is 0 Å². The minimum absolute atomic E-state index is 0.462. The maximum absolute atomic E-state index is 11.7. The highest BCUT2D eigenvalue weighted by Crippen LogP contribution is 2.20. The molecule has 1 N–H and O–H groups in total. The lowest BCUT2D eigenvalue weighted by Crippen LogP contribution is -2.52. The molecule has 0 unspecified atom stereocenters. The first kappa shape index (κ1) is 11.6. The molecule has 1 aromatic carbocycles. The Labute approximate surface area is 101 Å². The molecule has 0 atom stereocenters. The number of benzene rings is 1. The second-order valence-electron chi connectivity index (χ2n) is 4.46. The summed E-state index contributed by atoms with van der Waals surface area (Å²) in [5.74, 6) is -0.540. The van der Waals surface area contributed by atoms with E-state index in [1.54, 1.807) is 0 Å². The van der Waals surface area contributed by atoms with E-state index in [1.165, 1.54) is 10.5 Å². The first-order valence-electron chi connectivity index (χ1n) is 5.79. The fourth-order valence-electron chi connectivity index (χ4n) is 1.87. The molecule has 0 bridgehead atoms. The van der Waals surface area contributed by atoms with Crippen molar-refractivity contribution in [2.24, 2.45) is 0 Å². The smallest absolute Gasteiger partial charge is 0.316 e. The summed E-state index contributed by atoms with van der Waals surface area (Å²) >= 11 is 0. The van der Waals surface area contributed by atoms with E-state index < -0.39 is 11.8 Å². The molecule has 1 aliphatic heterocycles. The summed E-state index contributed by atoms with van der Waals surface area (Å²) in [7, 11) is 0. The normalized spacial score (nSPS) is 16.3. The quantitative estimate of drug-likeness (QED) is 0.781. The molecule has 90 valence electrons. The van der Waals surface area contributed by atoms with Gasteiger partial charge >= 0.3 is 11.8 Å². The van der Waals surface area contributed by atoms with Crippen LogP contribution in [-0.2, 0) is 9.59 Å². The van der Waals surface area contributed by atoms with Crippen LogP contribution in [0.25, 0.3) is 0 Å². The molecule has 17 heavy (non-hydrogen) atoms. The number of carbonyl (C=O) groups excluding carboxylic acids is 2. The Morgan fingerprint density at radius 3 is 2.41 bits per heavy atom. The maximum Gasteiger partial charge on any atom is 0.316 e. The van der Waals surface area contributed by atoms with Crippen molar-refractivity contribution in [3.05, 3.63) is 29.8 Å². The van der Waals surface area contributed by atoms with Gasteiger partial charge in [-0.1, -0.05) is 26.0 Å². The van der Waals surface area contributed by atoms with E-state index in [4.69, 9.17) is 0 Å². The van der Waals surface area contributed by atoms with Gasteiger partial charge in [0.2, 0.25) is 0 Å². The monoisotopic (exact) mass is 232 g/mol. The molecule has 4 heteroatoms. The van der Waals surface area contributed by atoms with Crippen molar-refractivity contribution in [2.75, 3.05) is 18.0 Å². The molecule has 0 spiro atoms. The number of carbonyl (C=O) groups is 2. The van der Waals surface area contributed by atoms with Crippen molar-refractivity contribution in [2.45, 2.75) is 19.8 Å². The topological polar surface area (TPSA) is 49.4 Å². The number of rotatable bonds is 2. The first-order chi connectivity index (χ1) is 8.09. The second-order valence-corrected chi connectivity index (χ2v) is 4.46. The Balaban J connectivity index is 2.22. The lowest BCUT2D eigenvalue weighted by atomic mass is 10.0. The second kappa shape index (κ2) is 4.57. The summed E-state index contributed by atoms with van der Waals surface area (Å²) in [5, 5.41) is 2.53. The zero-order valence-corrected chi connectivity index (χ0v) is 10.1. The average molecular weight is 232 g/mol. The van der Waals surface area contributed by atoms with Crippen molar-refractivity contribution in [1.82, 2.24) is 5.32 Å². The highest BCUT2D eigenvalue weighted by molar-refractivity contribution is 6.41. The van der Waals surface area contributed by atoms with Crippen LogP contribution >= 0.6 is 0 Å². The molecule has 0 aliphatic carbocycles. The largest absolute Gasteiger partial charge is 0.346 e. The van der Waals surface area contributed by atoms with Crippen LogP contribution in [0.4, 0.5) is 5.69 Å². The fraction of sp³-hybridized carbons (Fsp3) is 0.385. The van der Waals surface area contributed by atoms with Gasteiger partial charge in [0.15, 0.2) is 0 Å². The van der Waals surface area contributed by atoms with Crippen LogP contribution in [0.1, 0.15) is 25.3 Å². The van der Waals surface area contributed by atoms with Crippen molar-refractivity contribution in [3.63, 3.8) is 0 Å². The number of anilines is 1. The fourth-order valence-corrected chi connectivity index (χ4v) is 1.87. The molecule has 1 aliphatic rings. The van der Waals surface area contributed by atoms with E-state index >= 15 is 0 Å². The van der Waals surface area contributed by atoms with Gasteiger partial charge in [0.25, 0.3) is 0 Å². The van der Waals surface area contributed by atoms with Crippen molar-refractivity contribution >= 4 is 17.5 Å². The maximum atomic E-state index is 11.7. The average Bonchev–Trinajstić information content (AvgIpc) is 2.33. The molecule has 4 nitrogen and oxygen atoms in total. The number of nitrogens with zero attached hydrogens (tertiary/aromatic N) is 1. The van der Waals surface area contributed by atoms with Crippen molar-refractivity contribution in [3.8, 4) is 0 Å². The highest BCUT2D eigenvalue weighted by atomic mass is 16.2. The minimum Gasteiger partial charge on any atom is -0.346 e. The Morgan fingerprint density at radius 1 is 1.18 bits per heavy atom. The van der Waals surface area contributed by atoms with E-state index in [0.717, 1.165) is 5.69 Å². The summed E-state index contributed by atoms with van der Waals surface area (Å²) in [6.07, 6.45) is 0. The molecule has 0 radical (unpaired) electrons. The summed E-state index contributed by atoms with van der Waals surface area (Å²) in [4.78, 5) is 24.4. The minimum atomic E-state index is -0.524. The van der Waals surface area contributed by atoms with Crippen LogP contribution in [0.2, 0.25) is 0 Å². The third-order valence-corrected chi connectivity index (χ3v) is 2.93. The third kappa shape index (κ3) is 2.30. The van der Waals surface area contributed by atoms with Crippen LogP contribution in [0.3, 0.4) is 0 Å². The highest BCUT2D eigenvalue weighted by Gasteiger charge is 2.26. The van der Waals surface area contributed by atoms with Crippen LogP contribution in [0.5, 0.6) is 0 Å². The standard InChI is InChI=1S/C13H16N2O2/c1-9(2)10-3-5-11(6-4-10)15-8-7-14-12(16)13(15)17/h3-6,9H,7-8H2,1-2H3,(H,14,16). The third-order valence-electron chi connectivity index (χ3n) is 2.93. The summed E-state index contributed by atoms with van der Waals surface area (Å²) in [6.45, 7) is 5.28. The van der Waals surface area contributed by atoms with E-state index in [2.05, 4.69) is 19.2 Å². The molecule has 2 amide bonds. The lowest BCUT2D eigenvalue weighted by molar-refractivity contribution is -0.138. The molecular formula is C13H16N2O2. The molecule has 0 aromatic heterocycles. The van der Waals surface area contributed by atoms with Gasteiger partial charge in [0, 0.05) is 18.8 Å². The Hall–Kier alpha value is -1.84. The molecule has 1 aromatic rings. The Morgan fingerprint density at radius 2 is 1.82 bits per heavy atom. The van der Waals surface area contributed by atoms with Gasteiger partial charge in [-0.3, -0.25) is 9.59 Å². The Bertz CT molecular complexity index is 437. The molecular weight excluding hydrogens is 216 g/mol. The first-order valence-corrected chi connectivity index (χ1v) is 5.79. The molecule has 0 saturated carbocycles. The van der Waals surface area contributed by atoms with Gasteiger partial charge < -0.3 is 10.2 Å². The number of hydrogen-bond acceptors (Lipinski definition) is 2. The van der Waals surface area contributed by atoms with E-state index in [-0.39, 0.29) is 0 Å². The summed E-state index contributed by atoms with van der Waals surface area (Å²) in [6, 6.07) is 7.79. The zero-order chi connectivity index (χ0) is 12.4. The number of amides is 2. The van der Waals surface area contributed by atoms with E-state index in [1.807, 2.05) is 24.3 Å². The predicted octanol–water partition coefficient (Wildman–Crippen LogP) is 1.27. The number of nitrogens with one attached hydrogen (secondary N) is 1. The van der Waals surface area contributed by atoms with Gasteiger partial charge in [0.1, 0.15) is 0 Å². The van der Waals surface area contributed by atoms with E-state index in [9.17, 15) is 9.59 Å². The molecule has 2 rings (SSSR count). The molecule has 1 fully saturated rings. The zero-order valence-electron chi connectivity index (χ0n) is 10.1. The molecule has 1 heterocycles. The van der Waals surface area contributed by atoms with E-state index in [0.29, 0.717) is 19.0 Å². The van der Waals surface area contributed by atoms with Gasteiger partial charge in [-0.15, -0.1) is 0 Å². The SMILES string of the molecule is CC(C)c1ccc(N2CCNC(=O)C2=O)cc1. The molecule has 1 saturated heterocycles. The lowest BCUT2D eigenvalue weighted by Gasteiger charge is -2.26. The van der Waals surface area contributed by atoms with Crippen LogP contribution in [0.15, 0.2) is 24.3 Å². The predicted molar refractivity (Wildman–Crippen MR) is 65.9 cm³/mol. The van der Waals surface area contributed by atoms with Gasteiger partial charge in [-0.2, -0.15) is 0 Å². The summed E-state index contributed by atoms with van der Waals surface area (Å²) < 4.78 is 0. The van der Waals surface area contributed by atoms with Crippen molar-refractivity contribution in [1.29, 1.82) is 0 Å². The van der Waals surface area contributed by atoms with Crippen molar-refractivity contribution < 1.29 is 9.59 Å². The van der Waals surface area contributed by atoms with Crippen LogP contribution < -0.4 is 10.2 Å². The van der Waals surface area contributed by atoms with Crippen LogP contribution in [0, 0.1) is 0 Å².